The SMILES string of the molecule is Cc1cc(NC(=O)CN2CCCN(C(=O)c3ccc(F)cc3)CC2)n(C(C)(C)C)n1. The summed E-state index contributed by atoms with van der Waals surface area (Å²) in [5.74, 6) is 0.125. The number of anilines is 1. The van der Waals surface area contributed by atoms with Gasteiger partial charge in [0.15, 0.2) is 0 Å². The molecule has 0 atom stereocenters. The van der Waals surface area contributed by atoms with Crippen molar-refractivity contribution in [1.82, 2.24) is 19.6 Å². The van der Waals surface area contributed by atoms with E-state index in [0.29, 0.717) is 31.0 Å². The Balaban J connectivity index is 1.57. The van der Waals surface area contributed by atoms with Gasteiger partial charge in [0.1, 0.15) is 11.6 Å². The Hall–Kier alpha value is -2.74. The van der Waals surface area contributed by atoms with Crippen LogP contribution in [0.5, 0.6) is 0 Å². The number of nitrogens with zero attached hydrogens (tertiary/aromatic N) is 4. The number of rotatable bonds is 4. The minimum absolute atomic E-state index is 0.0984. The lowest BCUT2D eigenvalue weighted by molar-refractivity contribution is -0.117. The van der Waals surface area contributed by atoms with E-state index in [-0.39, 0.29) is 29.7 Å². The number of aryl methyl sites for hydroxylation is 1. The molecule has 0 unspecified atom stereocenters. The number of benzene rings is 1. The molecule has 162 valence electrons. The lowest BCUT2D eigenvalue weighted by Crippen LogP contribution is -2.38. The van der Waals surface area contributed by atoms with Crippen LogP contribution in [0.15, 0.2) is 30.3 Å². The van der Waals surface area contributed by atoms with Crippen molar-refractivity contribution in [3.05, 3.63) is 47.4 Å². The van der Waals surface area contributed by atoms with Gasteiger partial charge in [-0.25, -0.2) is 9.07 Å². The summed E-state index contributed by atoms with van der Waals surface area (Å²) in [6.07, 6.45) is 0.777. The van der Waals surface area contributed by atoms with Gasteiger partial charge in [-0.1, -0.05) is 0 Å². The molecule has 7 nitrogen and oxygen atoms in total. The van der Waals surface area contributed by atoms with Gasteiger partial charge in [0.05, 0.1) is 17.8 Å². The number of carbonyl (C=O) groups excluding carboxylic acids is 2. The quantitative estimate of drug-likeness (QED) is 0.834. The highest BCUT2D eigenvalue weighted by molar-refractivity contribution is 5.94. The molecule has 2 amide bonds. The third-order valence-electron chi connectivity index (χ3n) is 5.07. The van der Waals surface area contributed by atoms with Crippen molar-refractivity contribution in [2.75, 3.05) is 38.0 Å². The van der Waals surface area contributed by atoms with Crippen molar-refractivity contribution >= 4 is 17.6 Å². The van der Waals surface area contributed by atoms with Gasteiger partial charge in [-0.2, -0.15) is 5.10 Å². The Morgan fingerprint density at radius 1 is 1.10 bits per heavy atom. The zero-order valence-electron chi connectivity index (χ0n) is 18.1. The molecule has 1 aliphatic heterocycles. The van der Waals surface area contributed by atoms with Crippen LogP contribution in [-0.4, -0.2) is 64.1 Å². The van der Waals surface area contributed by atoms with Gasteiger partial charge in [-0.05, 0) is 58.4 Å². The second-order valence-corrected chi connectivity index (χ2v) is 8.73. The van der Waals surface area contributed by atoms with Crippen molar-refractivity contribution in [2.24, 2.45) is 0 Å². The molecule has 0 saturated carbocycles. The predicted molar refractivity (Wildman–Crippen MR) is 114 cm³/mol. The molecule has 0 spiro atoms. The number of halogens is 1. The van der Waals surface area contributed by atoms with Gasteiger partial charge >= 0.3 is 0 Å². The molecule has 0 bridgehead atoms. The smallest absolute Gasteiger partial charge is 0.253 e. The molecule has 8 heteroatoms. The zero-order valence-corrected chi connectivity index (χ0v) is 18.1. The van der Waals surface area contributed by atoms with Crippen molar-refractivity contribution in [2.45, 2.75) is 39.7 Å². The number of aromatic nitrogens is 2. The highest BCUT2D eigenvalue weighted by atomic mass is 19.1. The summed E-state index contributed by atoms with van der Waals surface area (Å²) in [6.45, 7) is 10.8. The molecule has 1 aromatic carbocycles. The van der Waals surface area contributed by atoms with Crippen molar-refractivity contribution < 1.29 is 14.0 Å². The van der Waals surface area contributed by atoms with Crippen LogP contribution < -0.4 is 5.32 Å². The van der Waals surface area contributed by atoms with Crippen LogP contribution in [0.2, 0.25) is 0 Å². The third-order valence-corrected chi connectivity index (χ3v) is 5.07. The lowest BCUT2D eigenvalue weighted by Gasteiger charge is -2.24. The van der Waals surface area contributed by atoms with E-state index < -0.39 is 0 Å². The minimum atomic E-state index is -0.359. The molecule has 1 aliphatic rings. The van der Waals surface area contributed by atoms with Gasteiger partial charge in [0.25, 0.3) is 5.91 Å². The predicted octanol–water partition coefficient (Wildman–Crippen LogP) is 2.87. The van der Waals surface area contributed by atoms with E-state index in [2.05, 4.69) is 15.3 Å². The maximum Gasteiger partial charge on any atom is 0.253 e. The van der Waals surface area contributed by atoms with Gasteiger partial charge < -0.3 is 10.2 Å². The van der Waals surface area contributed by atoms with Crippen LogP contribution in [0.3, 0.4) is 0 Å². The van der Waals surface area contributed by atoms with Crippen molar-refractivity contribution in [3.63, 3.8) is 0 Å². The summed E-state index contributed by atoms with van der Waals surface area (Å²) in [7, 11) is 0. The number of amides is 2. The topological polar surface area (TPSA) is 70.5 Å². The first kappa shape index (κ1) is 22.0. The first-order chi connectivity index (χ1) is 14.1. The monoisotopic (exact) mass is 415 g/mol. The molecule has 1 saturated heterocycles. The zero-order chi connectivity index (χ0) is 21.9. The fourth-order valence-corrected chi connectivity index (χ4v) is 3.59. The summed E-state index contributed by atoms with van der Waals surface area (Å²) in [5, 5.41) is 7.46. The third kappa shape index (κ3) is 5.44. The highest BCUT2D eigenvalue weighted by Gasteiger charge is 2.23. The average Bonchev–Trinajstić information content (AvgIpc) is 2.89. The first-order valence-electron chi connectivity index (χ1n) is 10.3. The molecule has 1 fully saturated rings. The number of nitrogens with one attached hydrogen (secondary N) is 1. The Bertz CT molecular complexity index is 901. The summed E-state index contributed by atoms with van der Waals surface area (Å²) in [6, 6.07) is 7.48. The van der Waals surface area contributed by atoms with Crippen LogP contribution in [0.1, 0.15) is 43.2 Å². The van der Waals surface area contributed by atoms with Crippen molar-refractivity contribution in [1.29, 1.82) is 0 Å². The average molecular weight is 416 g/mol. The maximum atomic E-state index is 13.1. The van der Waals surface area contributed by atoms with E-state index >= 15 is 0 Å². The number of hydrogen-bond acceptors (Lipinski definition) is 4. The van der Waals surface area contributed by atoms with E-state index in [4.69, 9.17) is 0 Å². The molecule has 0 aliphatic carbocycles. The standard InChI is InChI=1S/C22H30FN5O2/c1-16-14-19(28(25-16)22(2,3)4)24-20(29)15-26-10-5-11-27(13-12-26)21(30)17-6-8-18(23)9-7-17/h6-9,14H,5,10-13,15H2,1-4H3,(H,24,29). The van der Waals surface area contributed by atoms with E-state index in [1.54, 1.807) is 4.90 Å². The number of hydrogen-bond donors (Lipinski definition) is 1. The largest absolute Gasteiger partial charge is 0.337 e. The highest BCUT2D eigenvalue weighted by Crippen LogP contribution is 2.21. The summed E-state index contributed by atoms with van der Waals surface area (Å²) in [5.41, 5.74) is 1.10. The van der Waals surface area contributed by atoms with E-state index in [9.17, 15) is 14.0 Å². The molecular weight excluding hydrogens is 385 g/mol. The first-order valence-corrected chi connectivity index (χ1v) is 10.3. The van der Waals surface area contributed by atoms with Crippen LogP contribution in [0.25, 0.3) is 0 Å². The van der Waals surface area contributed by atoms with Gasteiger partial charge in [-0.3, -0.25) is 14.5 Å². The fourth-order valence-electron chi connectivity index (χ4n) is 3.59. The molecule has 1 aromatic heterocycles. The Morgan fingerprint density at radius 2 is 1.80 bits per heavy atom. The van der Waals surface area contributed by atoms with Gasteiger partial charge in [-0.15, -0.1) is 0 Å². The maximum absolute atomic E-state index is 13.1. The van der Waals surface area contributed by atoms with Crippen LogP contribution in [0.4, 0.5) is 10.2 Å². The van der Waals surface area contributed by atoms with Gasteiger partial charge in [0, 0.05) is 37.8 Å². The Kier molecular flexibility index (Phi) is 6.55. The molecular formula is C22H30FN5O2. The van der Waals surface area contributed by atoms with Crippen LogP contribution in [-0.2, 0) is 10.3 Å². The number of carbonyl (C=O) groups is 2. The van der Waals surface area contributed by atoms with Crippen LogP contribution in [0, 0.1) is 12.7 Å². The molecule has 2 aromatic rings. The summed E-state index contributed by atoms with van der Waals surface area (Å²) < 4.78 is 14.9. The molecule has 2 heterocycles. The fraction of sp³-hybridized carbons (Fsp3) is 0.500. The second kappa shape index (κ2) is 8.95. The summed E-state index contributed by atoms with van der Waals surface area (Å²) >= 11 is 0. The molecule has 0 radical (unpaired) electrons. The Morgan fingerprint density at radius 3 is 2.47 bits per heavy atom. The molecule has 30 heavy (non-hydrogen) atoms. The Labute approximate surface area is 176 Å². The second-order valence-electron chi connectivity index (χ2n) is 8.73. The normalized spacial score (nSPS) is 15.7. The van der Waals surface area contributed by atoms with Crippen molar-refractivity contribution in [3.8, 4) is 0 Å². The molecule has 3 rings (SSSR count). The van der Waals surface area contributed by atoms with Gasteiger partial charge in [0.2, 0.25) is 5.91 Å². The lowest BCUT2D eigenvalue weighted by atomic mass is 10.1. The minimum Gasteiger partial charge on any atom is -0.337 e. The van der Waals surface area contributed by atoms with E-state index in [1.165, 1.54) is 24.3 Å². The summed E-state index contributed by atoms with van der Waals surface area (Å²) in [4.78, 5) is 29.1. The van der Waals surface area contributed by atoms with Crippen LogP contribution >= 0.6 is 0 Å². The van der Waals surface area contributed by atoms with E-state index in [0.717, 1.165) is 18.7 Å². The van der Waals surface area contributed by atoms with E-state index in [1.807, 2.05) is 38.4 Å². The molecule has 1 N–H and O–H groups in total.